The maximum absolute atomic E-state index is 12.5. The van der Waals surface area contributed by atoms with Gasteiger partial charge in [0, 0.05) is 13.4 Å². The van der Waals surface area contributed by atoms with Crippen molar-refractivity contribution < 1.29 is 9.53 Å². The molecular formula is C15H12Br3NO2. The molecule has 0 unspecified atom stereocenters. The van der Waals surface area contributed by atoms with Gasteiger partial charge in [-0.3, -0.25) is 4.79 Å². The van der Waals surface area contributed by atoms with Crippen molar-refractivity contribution >= 4 is 59.4 Å². The number of rotatable bonds is 3. The summed E-state index contributed by atoms with van der Waals surface area (Å²) in [6, 6.07) is 9.20. The van der Waals surface area contributed by atoms with Gasteiger partial charge in [-0.1, -0.05) is 31.9 Å². The first kappa shape index (κ1) is 16.5. The number of halogens is 3. The van der Waals surface area contributed by atoms with Gasteiger partial charge in [0.1, 0.15) is 5.75 Å². The standard InChI is InChI=1S/C15H12Br3NO2/c1-8-5-10(17)7-13(21-2)14(8)19-15(20)11-6-9(16)3-4-12(11)18/h3-7H,1-2H3,(H,19,20). The molecule has 0 aliphatic rings. The number of carbonyl (C=O) groups excluding carboxylic acids is 1. The second kappa shape index (κ2) is 6.94. The monoisotopic (exact) mass is 475 g/mol. The van der Waals surface area contributed by atoms with Crippen molar-refractivity contribution in [2.24, 2.45) is 0 Å². The van der Waals surface area contributed by atoms with Crippen molar-refractivity contribution in [2.75, 3.05) is 12.4 Å². The van der Waals surface area contributed by atoms with E-state index < -0.39 is 0 Å². The zero-order valence-corrected chi connectivity index (χ0v) is 16.1. The Bertz CT molecular complexity index is 702. The summed E-state index contributed by atoms with van der Waals surface area (Å²) in [6.45, 7) is 1.92. The van der Waals surface area contributed by atoms with Crippen LogP contribution in [0.5, 0.6) is 5.75 Å². The van der Waals surface area contributed by atoms with Crippen LogP contribution in [0.4, 0.5) is 5.69 Å². The van der Waals surface area contributed by atoms with E-state index in [2.05, 4.69) is 53.1 Å². The largest absolute Gasteiger partial charge is 0.495 e. The molecule has 0 saturated heterocycles. The van der Waals surface area contributed by atoms with Gasteiger partial charge in [-0.25, -0.2) is 0 Å². The van der Waals surface area contributed by atoms with Crippen LogP contribution in [0.25, 0.3) is 0 Å². The van der Waals surface area contributed by atoms with Gasteiger partial charge in [-0.2, -0.15) is 0 Å². The van der Waals surface area contributed by atoms with Gasteiger partial charge in [0.15, 0.2) is 0 Å². The van der Waals surface area contributed by atoms with Crippen LogP contribution in [-0.2, 0) is 0 Å². The average molecular weight is 478 g/mol. The first-order valence-electron chi connectivity index (χ1n) is 6.03. The number of anilines is 1. The molecule has 2 aromatic rings. The van der Waals surface area contributed by atoms with Crippen LogP contribution in [0, 0.1) is 6.92 Å². The van der Waals surface area contributed by atoms with Gasteiger partial charge >= 0.3 is 0 Å². The number of hydrogen-bond donors (Lipinski definition) is 1. The molecule has 0 heterocycles. The zero-order chi connectivity index (χ0) is 15.6. The van der Waals surface area contributed by atoms with Gasteiger partial charge in [0.25, 0.3) is 5.91 Å². The van der Waals surface area contributed by atoms with Gasteiger partial charge < -0.3 is 10.1 Å². The van der Waals surface area contributed by atoms with Crippen molar-refractivity contribution in [3.8, 4) is 5.75 Å². The van der Waals surface area contributed by atoms with Crippen molar-refractivity contribution in [3.63, 3.8) is 0 Å². The molecule has 0 spiro atoms. The second-order valence-corrected chi connectivity index (χ2v) is 7.06. The van der Waals surface area contributed by atoms with Crippen molar-refractivity contribution in [3.05, 3.63) is 54.9 Å². The van der Waals surface area contributed by atoms with Gasteiger partial charge in [-0.05, 0) is 58.7 Å². The van der Waals surface area contributed by atoms with Crippen molar-refractivity contribution in [2.45, 2.75) is 6.92 Å². The lowest BCUT2D eigenvalue weighted by molar-refractivity contribution is 0.102. The van der Waals surface area contributed by atoms with Gasteiger partial charge in [-0.15, -0.1) is 0 Å². The molecule has 0 saturated carbocycles. The molecule has 2 aromatic carbocycles. The summed E-state index contributed by atoms with van der Waals surface area (Å²) in [7, 11) is 1.58. The molecule has 0 aliphatic heterocycles. The minimum absolute atomic E-state index is 0.202. The molecule has 3 nitrogen and oxygen atoms in total. The highest BCUT2D eigenvalue weighted by Crippen LogP contribution is 2.33. The fourth-order valence-electron chi connectivity index (χ4n) is 1.89. The number of aryl methyl sites for hydroxylation is 1. The molecule has 1 amide bonds. The highest BCUT2D eigenvalue weighted by Gasteiger charge is 2.15. The van der Waals surface area contributed by atoms with Crippen LogP contribution in [0.2, 0.25) is 0 Å². The molecule has 0 aliphatic carbocycles. The lowest BCUT2D eigenvalue weighted by atomic mass is 10.1. The fraction of sp³-hybridized carbons (Fsp3) is 0.133. The number of amides is 1. The van der Waals surface area contributed by atoms with E-state index in [1.807, 2.05) is 31.2 Å². The van der Waals surface area contributed by atoms with E-state index in [1.165, 1.54) is 0 Å². The first-order chi connectivity index (χ1) is 9.92. The minimum Gasteiger partial charge on any atom is -0.495 e. The topological polar surface area (TPSA) is 38.3 Å². The summed E-state index contributed by atoms with van der Waals surface area (Å²) in [6.07, 6.45) is 0. The second-order valence-electron chi connectivity index (χ2n) is 4.38. The van der Waals surface area contributed by atoms with Crippen molar-refractivity contribution in [1.82, 2.24) is 0 Å². The molecule has 21 heavy (non-hydrogen) atoms. The average Bonchev–Trinajstić information content (AvgIpc) is 2.43. The number of nitrogens with one attached hydrogen (secondary N) is 1. The van der Waals surface area contributed by atoms with Crippen LogP contribution in [0.3, 0.4) is 0 Å². The molecule has 110 valence electrons. The molecule has 0 bridgehead atoms. The van der Waals surface area contributed by atoms with E-state index in [-0.39, 0.29) is 5.91 Å². The highest BCUT2D eigenvalue weighted by molar-refractivity contribution is 9.11. The Morgan fingerprint density at radius 1 is 1.10 bits per heavy atom. The van der Waals surface area contributed by atoms with Crippen molar-refractivity contribution in [1.29, 1.82) is 0 Å². The van der Waals surface area contributed by atoms with E-state index in [0.717, 1.165) is 19.0 Å². The summed E-state index contributed by atoms with van der Waals surface area (Å²) >= 11 is 10.2. The Hall–Kier alpha value is -0.850. The molecule has 0 radical (unpaired) electrons. The molecular weight excluding hydrogens is 466 g/mol. The van der Waals surface area contributed by atoms with Crippen LogP contribution >= 0.6 is 47.8 Å². The quantitative estimate of drug-likeness (QED) is 0.630. The Kier molecular flexibility index (Phi) is 5.46. The molecule has 0 aromatic heterocycles. The highest BCUT2D eigenvalue weighted by atomic mass is 79.9. The molecule has 1 N–H and O–H groups in total. The third kappa shape index (κ3) is 3.87. The zero-order valence-electron chi connectivity index (χ0n) is 11.3. The van der Waals surface area contributed by atoms with Crippen LogP contribution in [0.1, 0.15) is 15.9 Å². The van der Waals surface area contributed by atoms with Crippen LogP contribution < -0.4 is 10.1 Å². The van der Waals surface area contributed by atoms with E-state index in [4.69, 9.17) is 4.74 Å². The fourth-order valence-corrected chi connectivity index (χ4v) is 3.23. The maximum atomic E-state index is 12.5. The summed E-state index contributed by atoms with van der Waals surface area (Å²) in [5, 5.41) is 2.91. The van der Waals surface area contributed by atoms with E-state index >= 15 is 0 Å². The normalized spacial score (nSPS) is 10.3. The third-order valence-corrected chi connectivity index (χ3v) is 4.54. The molecule has 6 heteroatoms. The van der Waals surface area contributed by atoms with Crippen LogP contribution in [-0.4, -0.2) is 13.0 Å². The van der Waals surface area contributed by atoms with Gasteiger partial charge in [0.05, 0.1) is 18.4 Å². The maximum Gasteiger partial charge on any atom is 0.256 e. The lowest BCUT2D eigenvalue weighted by Gasteiger charge is -2.14. The summed E-state index contributed by atoms with van der Waals surface area (Å²) in [5.74, 6) is 0.410. The number of benzene rings is 2. The van der Waals surface area contributed by atoms with E-state index in [1.54, 1.807) is 13.2 Å². The number of carbonyl (C=O) groups is 1. The first-order valence-corrected chi connectivity index (χ1v) is 8.41. The van der Waals surface area contributed by atoms with E-state index in [0.29, 0.717) is 17.0 Å². The predicted octanol–water partition coefficient (Wildman–Crippen LogP) is 5.54. The van der Waals surface area contributed by atoms with E-state index in [9.17, 15) is 4.79 Å². The molecule has 0 fully saturated rings. The molecule has 0 atom stereocenters. The Morgan fingerprint density at radius 3 is 2.48 bits per heavy atom. The summed E-state index contributed by atoms with van der Waals surface area (Å²) in [4.78, 5) is 12.5. The third-order valence-electron chi connectivity index (χ3n) is 2.90. The number of methoxy groups -OCH3 is 1. The Labute approximate surface area is 148 Å². The molecule has 2 rings (SSSR count). The SMILES string of the molecule is COc1cc(Br)cc(C)c1NC(=O)c1cc(Br)ccc1Br. The van der Waals surface area contributed by atoms with Crippen LogP contribution in [0.15, 0.2) is 43.7 Å². The smallest absolute Gasteiger partial charge is 0.256 e. The Balaban J connectivity index is 2.38. The van der Waals surface area contributed by atoms with Gasteiger partial charge in [0.2, 0.25) is 0 Å². The number of ether oxygens (including phenoxy) is 1. The lowest BCUT2D eigenvalue weighted by Crippen LogP contribution is -2.14. The summed E-state index contributed by atoms with van der Waals surface area (Å²) in [5.41, 5.74) is 2.13. The minimum atomic E-state index is -0.202. The summed E-state index contributed by atoms with van der Waals surface area (Å²) < 4.78 is 7.81. The Morgan fingerprint density at radius 2 is 1.81 bits per heavy atom. The number of hydrogen-bond acceptors (Lipinski definition) is 2. The predicted molar refractivity (Wildman–Crippen MR) is 95.2 cm³/mol.